The van der Waals surface area contributed by atoms with Crippen molar-refractivity contribution in [2.75, 3.05) is 13.1 Å². The topological polar surface area (TPSA) is 24.1 Å². The van der Waals surface area contributed by atoms with Crippen molar-refractivity contribution in [3.8, 4) is 0 Å². The lowest BCUT2D eigenvalue weighted by Gasteiger charge is -2.32. The molecule has 14 heavy (non-hydrogen) atoms. The van der Waals surface area contributed by atoms with Crippen LogP contribution in [0.4, 0.5) is 0 Å². The van der Waals surface area contributed by atoms with Gasteiger partial charge in [0.15, 0.2) is 0 Å². The van der Waals surface area contributed by atoms with Crippen LogP contribution in [0.25, 0.3) is 0 Å². The van der Waals surface area contributed by atoms with Crippen LogP contribution >= 0.6 is 24.8 Å². The summed E-state index contributed by atoms with van der Waals surface area (Å²) < 4.78 is 0. The van der Waals surface area contributed by atoms with Crippen molar-refractivity contribution in [3.05, 3.63) is 11.4 Å². The smallest absolute Gasteiger partial charge is 0.0807 e. The molecule has 0 aromatic heterocycles. The summed E-state index contributed by atoms with van der Waals surface area (Å²) in [6.45, 7) is 6.19. The minimum Gasteiger partial charge on any atom is -0.386 e. The van der Waals surface area contributed by atoms with E-state index >= 15 is 0 Å². The van der Waals surface area contributed by atoms with Gasteiger partial charge in [-0.05, 0) is 13.3 Å². The van der Waals surface area contributed by atoms with Crippen LogP contribution in [0.3, 0.4) is 0 Å². The van der Waals surface area contributed by atoms with Crippen molar-refractivity contribution in [1.82, 2.24) is 10.6 Å². The second kappa shape index (κ2) is 5.61. The average Bonchev–Trinajstić information content (AvgIpc) is 2.21. The first-order valence-corrected chi connectivity index (χ1v) is 6.09. The third kappa shape index (κ3) is 2.42. The molecule has 1 rings (SSSR count). The molecule has 0 aromatic rings. The maximum atomic E-state index is 5.23. The quantitative estimate of drug-likeness (QED) is 0.369. The van der Waals surface area contributed by atoms with E-state index in [2.05, 4.69) is 37.1 Å². The van der Waals surface area contributed by atoms with Gasteiger partial charge in [0.1, 0.15) is 0 Å². The highest BCUT2D eigenvalue weighted by Gasteiger charge is 2.32. The standard InChI is InChI=1S/C10H18N2S2/c1-3-5-6-12-8-7(11-4-2)9(13)10(8)14/h9,11-13H,3-6H2,1-2H3. The third-order valence-corrected chi connectivity index (χ3v) is 3.37. The van der Waals surface area contributed by atoms with Crippen molar-refractivity contribution in [1.29, 1.82) is 0 Å². The van der Waals surface area contributed by atoms with Gasteiger partial charge in [0, 0.05) is 13.1 Å². The Hall–Kier alpha value is -0.220. The molecule has 0 aliphatic heterocycles. The summed E-state index contributed by atoms with van der Waals surface area (Å²) in [5.74, 6) is 0. The number of thiocarbonyl (C=S) groups is 1. The fraction of sp³-hybridized carbons (Fsp3) is 0.700. The van der Waals surface area contributed by atoms with Crippen molar-refractivity contribution in [2.24, 2.45) is 0 Å². The SMILES string of the molecule is CCCCNC1=C(NCC)C(S)C1=S. The predicted molar refractivity (Wildman–Crippen MR) is 69.0 cm³/mol. The Kier molecular flexibility index (Phi) is 4.75. The summed E-state index contributed by atoms with van der Waals surface area (Å²) in [5, 5.41) is 6.79. The van der Waals surface area contributed by atoms with E-state index in [9.17, 15) is 0 Å². The Bertz CT molecular complexity index is 249. The number of hydrogen-bond acceptors (Lipinski definition) is 4. The Morgan fingerprint density at radius 1 is 1.36 bits per heavy atom. The minimum absolute atomic E-state index is 0.133. The molecule has 4 heteroatoms. The van der Waals surface area contributed by atoms with Crippen molar-refractivity contribution in [3.63, 3.8) is 0 Å². The first kappa shape index (κ1) is 11.9. The zero-order valence-corrected chi connectivity index (χ0v) is 10.5. The molecule has 1 aliphatic carbocycles. The minimum atomic E-state index is 0.133. The van der Waals surface area contributed by atoms with Gasteiger partial charge in [-0.25, -0.2) is 0 Å². The zero-order chi connectivity index (χ0) is 10.6. The van der Waals surface area contributed by atoms with E-state index in [1.807, 2.05) is 0 Å². The molecule has 0 heterocycles. The van der Waals surface area contributed by atoms with Crippen molar-refractivity contribution >= 4 is 29.7 Å². The van der Waals surface area contributed by atoms with Crippen LogP contribution < -0.4 is 10.6 Å². The van der Waals surface area contributed by atoms with Crippen LogP contribution in [0.2, 0.25) is 0 Å². The van der Waals surface area contributed by atoms with Crippen LogP contribution in [-0.4, -0.2) is 23.2 Å². The summed E-state index contributed by atoms with van der Waals surface area (Å²) in [7, 11) is 0. The van der Waals surface area contributed by atoms with Gasteiger partial charge in [-0.3, -0.25) is 0 Å². The molecular formula is C10H18N2S2. The summed E-state index contributed by atoms with van der Waals surface area (Å²) in [5.41, 5.74) is 2.27. The van der Waals surface area contributed by atoms with Crippen LogP contribution in [0, 0.1) is 0 Å². The van der Waals surface area contributed by atoms with Gasteiger partial charge in [0.25, 0.3) is 0 Å². The van der Waals surface area contributed by atoms with Gasteiger partial charge in [0.05, 0.1) is 21.5 Å². The van der Waals surface area contributed by atoms with Crippen LogP contribution in [0.5, 0.6) is 0 Å². The molecule has 0 saturated heterocycles. The summed E-state index contributed by atoms with van der Waals surface area (Å²) in [6, 6.07) is 0. The second-order valence-electron chi connectivity index (χ2n) is 3.37. The molecular weight excluding hydrogens is 212 g/mol. The monoisotopic (exact) mass is 230 g/mol. The summed E-state index contributed by atoms with van der Waals surface area (Å²) in [6.07, 6.45) is 2.39. The first-order chi connectivity index (χ1) is 6.72. The number of allylic oxidation sites excluding steroid dienone is 1. The molecule has 0 fully saturated rings. The Morgan fingerprint density at radius 3 is 2.64 bits per heavy atom. The van der Waals surface area contributed by atoms with Crippen molar-refractivity contribution < 1.29 is 0 Å². The molecule has 1 atom stereocenters. The number of unbranched alkanes of at least 4 members (excludes halogenated alkanes) is 1. The number of hydrogen-bond donors (Lipinski definition) is 3. The van der Waals surface area contributed by atoms with Crippen LogP contribution in [0.1, 0.15) is 26.7 Å². The molecule has 1 unspecified atom stereocenters. The largest absolute Gasteiger partial charge is 0.386 e. The van der Waals surface area contributed by atoms with Gasteiger partial charge in [-0.1, -0.05) is 25.6 Å². The lowest BCUT2D eigenvalue weighted by Crippen LogP contribution is -2.44. The highest BCUT2D eigenvalue weighted by atomic mass is 32.1. The van der Waals surface area contributed by atoms with Gasteiger partial charge in [-0.15, -0.1) is 0 Å². The number of rotatable bonds is 6. The molecule has 0 radical (unpaired) electrons. The maximum Gasteiger partial charge on any atom is 0.0807 e. The first-order valence-electron chi connectivity index (χ1n) is 5.16. The molecule has 2 nitrogen and oxygen atoms in total. The van der Waals surface area contributed by atoms with E-state index in [0.29, 0.717) is 0 Å². The van der Waals surface area contributed by atoms with E-state index in [-0.39, 0.29) is 5.25 Å². The predicted octanol–water partition coefficient (Wildman–Crippen LogP) is 1.88. The molecule has 0 aromatic carbocycles. The van der Waals surface area contributed by atoms with E-state index in [4.69, 9.17) is 12.2 Å². The lowest BCUT2D eigenvalue weighted by atomic mass is 9.99. The second-order valence-corrected chi connectivity index (χ2v) is 4.32. The average molecular weight is 230 g/mol. The van der Waals surface area contributed by atoms with E-state index in [1.165, 1.54) is 12.8 Å². The fourth-order valence-electron chi connectivity index (χ4n) is 1.41. The van der Waals surface area contributed by atoms with Gasteiger partial charge in [0.2, 0.25) is 0 Å². The Balaban J connectivity index is 2.50. The van der Waals surface area contributed by atoms with E-state index in [0.717, 1.165) is 29.3 Å². The zero-order valence-electron chi connectivity index (χ0n) is 8.76. The maximum absolute atomic E-state index is 5.23. The Morgan fingerprint density at radius 2 is 2.07 bits per heavy atom. The fourth-order valence-corrected chi connectivity index (χ4v) is 2.06. The van der Waals surface area contributed by atoms with Gasteiger partial charge in [-0.2, -0.15) is 12.6 Å². The lowest BCUT2D eigenvalue weighted by molar-refractivity contribution is 0.694. The summed E-state index contributed by atoms with van der Waals surface area (Å²) >= 11 is 9.64. The van der Waals surface area contributed by atoms with E-state index in [1.54, 1.807) is 0 Å². The molecule has 80 valence electrons. The van der Waals surface area contributed by atoms with Crippen LogP contribution in [0.15, 0.2) is 11.4 Å². The third-order valence-electron chi connectivity index (χ3n) is 2.24. The number of thiol groups is 1. The molecule has 1 aliphatic rings. The molecule has 2 N–H and O–H groups in total. The van der Waals surface area contributed by atoms with Gasteiger partial charge >= 0.3 is 0 Å². The summed E-state index contributed by atoms with van der Waals surface area (Å²) in [4.78, 5) is 0.945. The van der Waals surface area contributed by atoms with Crippen molar-refractivity contribution in [2.45, 2.75) is 31.9 Å². The molecule has 0 saturated carbocycles. The molecule has 0 amide bonds. The Labute approximate surface area is 96.9 Å². The highest BCUT2D eigenvalue weighted by molar-refractivity contribution is 7.87. The van der Waals surface area contributed by atoms with E-state index < -0.39 is 0 Å². The molecule has 0 spiro atoms. The highest BCUT2D eigenvalue weighted by Crippen LogP contribution is 2.26. The normalized spacial score (nSPS) is 20.8. The number of nitrogens with one attached hydrogen (secondary N) is 2. The van der Waals surface area contributed by atoms with Crippen LogP contribution in [-0.2, 0) is 0 Å². The van der Waals surface area contributed by atoms with Gasteiger partial charge < -0.3 is 10.6 Å². The molecule has 0 bridgehead atoms.